The first kappa shape index (κ1) is 10.4. The molecule has 0 saturated carbocycles. The minimum absolute atomic E-state index is 0.147. The van der Waals surface area contributed by atoms with Crippen molar-refractivity contribution in [1.29, 1.82) is 0 Å². The van der Waals surface area contributed by atoms with Gasteiger partial charge in [0.25, 0.3) is 5.81 Å². The fourth-order valence-electron chi connectivity index (χ4n) is 1.72. The van der Waals surface area contributed by atoms with Gasteiger partial charge in [-0.1, -0.05) is 0 Å². The summed E-state index contributed by atoms with van der Waals surface area (Å²) in [6.07, 6.45) is 0. The average Bonchev–Trinajstić information content (AvgIpc) is 2.58. The van der Waals surface area contributed by atoms with Crippen molar-refractivity contribution in [3.05, 3.63) is 0 Å². The lowest BCUT2D eigenvalue weighted by molar-refractivity contribution is -0.131. The van der Waals surface area contributed by atoms with Gasteiger partial charge in [-0.25, -0.2) is 0 Å². The van der Waals surface area contributed by atoms with Gasteiger partial charge in [0.1, 0.15) is 0 Å². The maximum atomic E-state index is 11.9. The highest BCUT2D eigenvalue weighted by molar-refractivity contribution is 6.84. The van der Waals surface area contributed by atoms with Crippen LogP contribution in [0.25, 0.3) is 0 Å². The highest BCUT2D eigenvalue weighted by Crippen LogP contribution is 2.10. The highest BCUT2D eigenvalue weighted by Gasteiger charge is 2.44. The molecule has 0 unspecified atom stereocenters. The molecule has 0 radical (unpaired) electrons. The molecule has 6 nitrogen and oxygen atoms in total. The zero-order valence-corrected chi connectivity index (χ0v) is 8.64. The lowest BCUT2D eigenvalue weighted by Crippen LogP contribution is -2.51. The van der Waals surface area contributed by atoms with E-state index in [2.05, 4.69) is 0 Å². The molecule has 0 bridgehead atoms. The summed E-state index contributed by atoms with van der Waals surface area (Å²) in [7, 11) is 0.962. The van der Waals surface area contributed by atoms with Crippen LogP contribution in [0, 0.1) is 0 Å². The van der Waals surface area contributed by atoms with Crippen molar-refractivity contribution in [2.75, 3.05) is 39.9 Å². The number of hydrogen-bond acceptors (Lipinski definition) is 5. The second-order valence-electron chi connectivity index (χ2n) is 3.69. The maximum absolute atomic E-state index is 11.9. The zero-order valence-electron chi connectivity index (χ0n) is 8.64. The van der Waals surface area contributed by atoms with Gasteiger partial charge in [-0.3, -0.25) is 14.4 Å². The molecule has 15 heavy (non-hydrogen) atoms. The molecule has 2 heterocycles. The van der Waals surface area contributed by atoms with E-state index in [4.69, 9.17) is 9.39 Å². The molecule has 2 fully saturated rings. The third-order valence-corrected chi connectivity index (χ3v) is 2.56. The molecular weight excluding hydrogens is 199 g/mol. The first-order chi connectivity index (χ1) is 7.18. The van der Waals surface area contributed by atoms with Gasteiger partial charge < -0.3 is 14.3 Å². The van der Waals surface area contributed by atoms with Crippen LogP contribution in [0.4, 0.5) is 4.79 Å². The number of rotatable bonds is 1. The van der Waals surface area contributed by atoms with E-state index >= 15 is 0 Å². The van der Waals surface area contributed by atoms with Crippen LogP contribution in [0.1, 0.15) is 0 Å². The van der Waals surface area contributed by atoms with Gasteiger partial charge in [0.15, 0.2) is 0 Å². The third-order valence-electron chi connectivity index (χ3n) is 2.56. The molecule has 0 aromatic rings. The van der Waals surface area contributed by atoms with Crippen molar-refractivity contribution < 1.29 is 19.0 Å². The van der Waals surface area contributed by atoms with Gasteiger partial charge in [0.2, 0.25) is 0 Å². The molecule has 2 aliphatic rings. The largest absolute Gasteiger partial charge is 0.551 e. The van der Waals surface area contributed by atoms with Gasteiger partial charge in [0.05, 0.1) is 19.8 Å². The fraction of sp³-hybridized carbons (Fsp3) is 0.750. The summed E-state index contributed by atoms with van der Waals surface area (Å²) in [5.41, 5.74) is 0. The van der Waals surface area contributed by atoms with Crippen molar-refractivity contribution in [3.63, 3.8) is 0 Å². The molecule has 1 amide bonds. The molecule has 82 valence electrons. The molecule has 0 aromatic carbocycles. The van der Waals surface area contributed by atoms with E-state index in [-0.39, 0.29) is 18.3 Å². The van der Waals surface area contributed by atoms with E-state index in [9.17, 15) is 9.59 Å². The smallest absolute Gasteiger partial charge is 0.512 e. The van der Waals surface area contributed by atoms with Gasteiger partial charge in [-0.2, -0.15) is 0 Å². The fourth-order valence-corrected chi connectivity index (χ4v) is 1.72. The molecule has 7 heteroatoms. The standard InChI is InChI=1S/C8H13BN2O4/c1-10-6-7(12)15-9(10)8(13)11-2-4-14-5-3-11/h2-6H2,1H3. The van der Waals surface area contributed by atoms with E-state index in [0.29, 0.717) is 26.3 Å². The first-order valence-corrected chi connectivity index (χ1v) is 4.95. The summed E-state index contributed by atoms with van der Waals surface area (Å²) in [5, 5.41) is 0. The number of nitrogens with zero attached hydrogens (tertiary/aromatic N) is 2. The lowest BCUT2D eigenvalue weighted by atomic mass is 9.80. The van der Waals surface area contributed by atoms with Crippen molar-refractivity contribution >= 4 is 18.8 Å². The number of likely N-dealkylation sites (N-methyl/N-ethyl adjacent to an activating group) is 1. The van der Waals surface area contributed by atoms with Crippen LogP contribution < -0.4 is 0 Å². The number of hydrogen-bond donors (Lipinski definition) is 0. The zero-order chi connectivity index (χ0) is 10.8. The Kier molecular flexibility index (Phi) is 2.92. The molecule has 2 rings (SSSR count). The Labute approximate surface area is 88.2 Å². The van der Waals surface area contributed by atoms with Crippen molar-refractivity contribution in [2.45, 2.75) is 0 Å². The Morgan fingerprint density at radius 3 is 2.60 bits per heavy atom. The Morgan fingerprint density at radius 2 is 2.07 bits per heavy atom. The van der Waals surface area contributed by atoms with E-state index in [1.54, 1.807) is 16.8 Å². The summed E-state index contributed by atoms with van der Waals surface area (Å²) in [4.78, 5) is 26.2. The predicted octanol–water partition coefficient (Wildman–Crippen LogP) is -1.00. The van der Waals surface area contributed by atoms with Crippen molar-refractivity contribution in [2.24, 2.45) is 0 Å². The number of morpholine rings is 1. The van der Waals surface area contributed by atoms with Crippen molar-refractivity contribution in [3.8, 4) is 0 Å². The van der Waals surface area contributed by atoms with Crippen LogP contribution in [-0.4, -0.2) is 68.4 Å². The average molecular weight is 212 g/mol. The third kappa shape index (κ3) is 2.13. The summed E-state index contributed by atoms with van der Waals surface area (Å²) in [6.45, 7) is 2.43. The Bertz CT molecular complexity index is 280. The molecule has 2 saturated heterocycles. The van der Waals surface area contributed by atoms with E-state index in [0.717, 1.165) is 0 Å². The van der Waals surface area contributed by atoms with E-state index < -0.39 is 7.05 Å². The number of ether oxygens (including phenoxy) is 1. The summed E-state index contributed by atoms with van der Waals surface area (Å²) in [6, 6.07) is 0. The van der Waals surface area contributed by atoms with E-state index in [1.165, 1.54) is 0 Å². The summed E-state index contributed by atoms with van der Waals surface area (Å²) < 4.78 is 10.1. The van der Waals surface area contributed by atoms with Crippen LogP contribution in [0.5, 0.6) is 0 Å². The minimum Gasteiger partial charge on any atom is -0.512 e. The number of carbonyl (C=O) groups excluding carboxylic acids is 2. The first-order valence-electron chi connectivity index (χ1n) is 4.95. The highest BCUT2D eigenvalue weighted by atomic mass is 16.5. The topological polar surface area (TPSA) is 59.1 Å². The Morgan fingerprint density at radius 1 is 1.40 bits per heavy atom. The molecule has 0 N–H and O–H groups in total. The van der Waals surface area contributed by atoms with Crippen LogP contribution in [0.15, 0.2) is 0 Å². The van der Waals surface area contributed by atoms with Crippen LogP contribution in [0.2, 0.25) is 0 Å². The number of amides is 1. The van der Waals surface area contributed by atoms with Crippen molar-refractivity contribution in [1.82, 2.24) is 9.71 Å². The Balaban J connectivity index is 1.97. The quantitative estimate of drug-likeness (QED) is 0.521. The van der Waals surface area contributed by atoms with Crippen LogP contribution >= 0.6 is 0 Å². The van der Waals surface area contributed by atoms with Gasteiger partial charge in [-0.15, -0.1) is 0 Å². The lowest BCUT2D eigenvalue weighted by Gasteiger charge is -2.28. The summed E-state index contributed by atoms with van der Waals surface area (Å²) in [5.74, 6) is -0.490. The molecule has 0 atom stereocenters. The van der Waals surface area contributed by atoms with Crippen LogP contribution in [0.3, 0.4) is 0 Å². The molecular formula is C8H13BN2O4. The van der Waals surface area contributed by atoms with E-state index in [1.807, 2.05) is 0 Å². The second-order valence-corrected chi connectivity index (χ2v) is 3.69. The molecule has 2 aliphatic heterocycles. The predicted molar refractivity (Wildman–Crippen MR) is 52.3 cm³/mol. The molecule has 0 spiro atoms. The normalized spacial score (nSPS) is 23.1. The number of carbonyl (C=O) groups is 2. The van der Waals surface area contributed by atoms with Crippen LogP contribution in [-0.2, 0) is 14.2 Å². The van der Waals surface area contributed by atoms with Gasteiger partial charge >= 0.3 is 13.0 Å². The SMILES string of the molecule is CN1CC(=O)OB1C(=O)N1CCOCC1. The second kappa shape index (κ2) is 4.20. The summed E-state index contributed by atoms with van der Waals surface area (Å²) >= 11 is 0. The molecule has 0 aromatic heterocycles. The molecule has 0 aliphatic carbocycles. The maximum Gasteiger partial charge on any atom is 0.551 e. The monoisotopic (exact) mass is 212 g/mol. The van der Waals surface area contributed by atoms with Gasteiger partial charge in [-0.05, 0) is 7.05 Å². The minimum atomic E-state index is -0.740. The van der Waals surface area contributed by atoms with Gasteiger partial charge in [0, 0.05) is 13.1 Å². The Hall–Kier alpha value is -1.08.